The van der Waals surface area contributed by atoms with Gasteiger partial charge in [-0.3, -0.25) is 4.79 Å². The fourth-order valence-corrected chi connectivity index (χ4v) is 2.67. The third-order valence-electron chi connectivity index (χ3n) is 2.74. The van der Waals surface area contributed by atoms with Gasteiger partial charge in [0.15, 0.2) is 0 Å². The molecule has 0 bridgehead atoms. The van der Waals surface area contributed by atoms with E-state index in [2.05, 4.69) is 4.98 Å². The van der Waals surface area contributed by atoms with Crippen LogP contribution >= 0.6 is 11.8 Å². The standard InChI is InChI=1S/C13H21N3OS/c1-4-16(5-2)12(17)9-18-13-11(10(3)14)7-6-8-15-13/h6-8,10H,4-5,9,14H2,1-3H3/t10-/m0/s1. The van der Waals surface area contributed by atoms with Crippen LogP contribution in [0.1, 0.15) is 32.4 Å². The van der Waals surface area contributed by atoms with Gasteiger partial charge in [-0.25, -0.2) is 4.98 Å². The van der Waals surface area contributed by atoms with Crippen molar-refractivity contribution in [3.05, 3.63) is 23.9 Å². The number of hydrogen-bond acceptors (Lipinski definition) is 4. The Labute approximate surface area is 113 Å². The molecule has 0 radical (unpaired) electrons. The van der Waals surface area contributed by atoms with Crippen molar-refractivity contribution in [1.29, 1.82) is 0 Å². The number of hydrogen-bond donors (Lipinski definition) is 1. The highest BCUT2D eigenvalue weighted by atomic mass is 32.2. The molecule has 4 nitrogen and oxygen atoms in total. The molecule has 1 heterocycles. The van der Waals surface area contributed by atoms with Gasteiger partial charge in [0, 0.05) is 30.9 Å². The highest BCUT2D eigenvalue weighted by Gasteiger charge is 2.13. The Kier molecular flexibility index (Phi) is 6.15. The van der Waals surface area contributed by atoms with Crippen molar-refractivity contribution >= 4 is 17.7 Å². The molecular weight excluding hydrogens is 246 g/mol. The van der Waals surface area contributed by atoms with Gasteiger partial charge in [-0.2, -0.15) is 0 Å². The van der Waals surface area contributed by atoms with Crippen LogP contribution in [-0.2, 0) is 4.79 Å². The van der Waals surface area contributed by atoms with Gasteiger partial charge in [-0.05, 0) is 26.8 Å². The second kappa shape index (κ2) is 7.38. The van der Waals surface area contributed by atoms with Crippen molar-refractivity contribution in [2.75, 3.05) is 18.8 Å². The minimum atomic E-state index is -0.0650. The summed E-state index contributed by atoms with van der Waals surface area (Å²) >= 11 is 1.46. The first kappa shape index (κ1) is 15.0. The molecule has 0 aliphatic heterocycles. The summed E-state index contributed by atoms with van der Waals surface area (Å²) in [4.78, 5) is 18.0. The lowest BCUT2D eigenvalue weighted by atomic mass is 10.2. The minimum absolute atomic E-state index is 0.0650. The molecule has 0 aromatic carbocycles. The van der Waals surface area contributed by atoms with Crippen LogP contribution in [-0.4, -0.2) is 34.6 Å². The van der Waals surface area contributed by atoms with Crippen LogP contribution in [0, 0.1) is 0 Å². The Hall–Kier alpha value is -1.07. The molecule has 0 aliphatic carbocycles. The van der Waals surface area contributed by atoms with E-state index in [1.54, 1.807) is 6.20 Å². The average Bonchev–Trinajstić information content (AvgIpc) is 2.38. The van der Waals surface area contributed by atoms with Crippen molar-refractivity contribution < 1.29 is 4.79 Å². The molecule has 1 aromatic heterocycles. The third-order valence-corrected chi connectivity index (χ3v) is 3.75. The Morgan fingerprint density at radius 1 is 1.50 bits per heavy atom. The van der Waals surface area contributed by atoms with Crippen molar-refractivity contribution in [1.82, 2.24) is 9.88 Å². The first-order chi connectivity index (χ1) is 8.60. The number of carbonyl (C=O) groups excluding carboxylic acids is 1. The van der Waals surface area contributed by atoms with E-state index < -0.39 is 0 Å². The Balaban J connectivity index is 2.66. The van der Waals surface area contributed by atoms with Crippen LogP contribution in [0.5, 0.6) is 0 Å². The van der Waals surface area contributed by atoms with E-state index in [4.69, 9.17) is 5.73 Å². The number of pyridine rings is 1. The zero-order chi connectivity index (χ0) is 13.5. The van der Waals surface area contributed by atoms with E-state index in [1.807, 2.05) is 37.8 Å². The lowest BCUT2D eigenvalue weighted by Gasteiger charge is -2.18. The lowest BCUT2D eigenvalue weighted by Crippen LogP contribution is -2.31. The summed E-state index contributed by atoms with van der Waals surface area (Å²) in [5.74, 6) is 0.560. The Morgan fingerprint density at radius 3 is 2.72 bits per heavy atom. The normalized spacial score (nSPS) is 12.2. The molecule has 0 aliphatic rings. The second-order valence-electron chi connectivity index (χ2n) is 4.04. The molecule has 0 fully saturated rings. The highest BCUT2D eigenvalue weighted by molar-refractivity contribution is 7.99. The molecule has 0 unspecified atom stereocenters. The number of nitrogens with two attached hydrogens (primary N) is 1. The summed E-state index contributed by atoms with van der Waals surface area (Å²) in [6, 6.07) is 3.77. The van der Waals surface area contributed by atoms with Gasteiger partial charge in [-0.15, -0.1) is 0 Å². The second-order valence-corrected chi connectivity index (χ2v) is 5.01. The summed E-state index contributed by atoms with van der Waals surface area (Å²) < 4.78 is 0. The van der Waals surface area contributed by atoms with E-state index in [0.717, 1.165) is 23.7 Å². The van der Waals surface area contributed by atoms with E-state index in [9.17, 15) is 4.79 Å². The predicted molar refractivity (Wildman–Crippen MR) is 75.5 cm³/mol. The number of thioether (sulfide) groups is 1. The smallest absolute Gasteiger partial charge is 0.232 e. The number of rotatable bonds is 6. The van der Waals surface area contributed by atoms with Crippen LogP contribution in [0.2, 0.25) is 0 Å². The van der Waals surface area contributed by atoms with Crippen molar-refractivity contribution in [3.63, 3.8) is 0 Å². The molecule has 0 spiro atoms. The summed E-state index contributed by atoms with van der Waals surface area (Å²) in [6.45, 7) is 7.39. The van der Waals surface area contributed by atoms with Gasteiger partial charge in [0.25, 0.3) is 0 Å². The fraction of sp³-hybridized carbons (Fsp3) is 0.538. The van der Waals surface area contributed by atoms with Crippen LogP contribution in [0.4, 0.5) is 0 Å². The summed E-state index contributed by atoms with van der Waals surface area (Å²) in [5.41, 5.74) is 6.88. The SMILES string of the molecule is CCN(CC)C(=O)CSc1ncccc1[C@H](C)N. The van der Waals surface area contributed by atoms with E-state index in [0.29, 0.717) is 5.75 Å². The Bertz CT molecular complexity index is 392. The number of aromatic nitrogens is 1. The van der Waals surface area contributed by atoms with Crippen molar-refractivity contribution in [2.24, 2.45) is 5.73 Å². The highest BCUT2D eigenvalue weighted by Crippen LogP contribution is 2.24. The number of carbonyl (C=O) groups is 1. The maximum Gasteiger partial charge on any atom is 0.232 e. The van der Waals surface area contributed by atoms with Gasteiger partial charge in [-0.1, -0.05) is 17.8 Å². The van der Waals surface area contributed by atoms with Gasteiger partial charge in [0.2, 0.25) is 5.91 Å². The van der Waals surface area contributed by atoms with E-state index in [1.165, 1.54) is 11.8 Å². The van der Waals surface area contributed by atoms with Gasteiger partial charge in [0.05, 0.1) is 5.75 Å². The summed E-state index contributed by atoms with van der Waals surface area (Å²) in [7, 11) is 0. The van der Waals surface area contributed by atoms with Crippen LogP contribution in [0.3, 0.4) is 0 Å². The zero-order valence-corrected chi connectivity index (χ0v) is 12.0. The third kappa shape index (κ3) is 3.99. The molecule has 0 saturated carbocycles. The molecule has 1 aromatic rings. The van der Waals surface area contributed by atoms with Crippen LogP contribution in [0.25, 0.3) is 0 Å². The van der Waals surface area contributed by atoms with Crippen LogP contribution in [0.15, 0.2) is 23.4 Å². The van der Waals surface area contributed by atoms with E-state index >= 15 is 0 Å². The Morgan fingerprint density at radius 2 is 2.17 bits per heavy atom. The molecule has 18 heavy (non-hydrogen) atoms. The molecular formula is C13H21N3OS. The monoisotopic (exact) mass is 267 g/mol. The number of amides is 1. The molecule has 5 heteroatoms. The van der Waals surface area contributed by atoms with Gasteiger partial charge < -0.3 is 10.6 Å². The maximum absolute atomic E-state index is 11.9. The van der Waals surface area contributed by atoms with E-state index in [-0.39, 0.29) is 11.9 Å². The molecule has 1 rings (SSSR count). The molecule has 0 saturated heterocycles. The summed E-state index contributed by atoms with van der Waals surface area (Å²) in [6.07, 6.45) is 1.73. The largest absolute Gasteiger partial charge is 0.343 e. The number of nitrogens with zero attached hydrogens (tertiary/aromatic N) is 2. The molecule has 1 atom stereocenters. The summed E-state index contributed by atoms with van der Waals surface area (Å²) in [5, 5.41) is 0.855. The molecule has 1 amide bonds. The quantitative estimate of drug-likeness (QED) is 0.802. The predicted octanol–water partition coefficient (Wildman–Crippen LogP) is 2.06. The minimum Gasteiger partial charge on any atom is -0.343 e. The molecule has 2 N–H and O–H groups in total. The lowest BCUT2D eigenvalue weighted by molar-refractivity contribution is -0.127. The van der Waals surface area contributed by atoms with Crippen molar-refractivity contribution in [3.8, 4) is 0 Å². The van der Waals surface area contributed by atoms with Gasteiger partial charge >= 0.3 is 0 Å². The maximum atomic E-state index is 11.9. The first-order valence-electron chi connectivity index (χ1n) is 6.21. The van der Waals surface area contributed by atoms with Gasteiger partial charge in [0.1, 0.15) is 5.03 Å². The average molecular weight is 267 g/mol. The molecule has 100 valence electrons. The fourth-order valence-electron chi connectivity index (χ4n) is 1.67. The van der Waals surface area contributed by atoms with Crippen LogP contribution < -0.4 is 5.73 Å². The zero-order valence-electron chi connectivity index (χ0n) is 11.2. The topological polar surface area (TPSA) is 59.2 Å². The first-order valence-corrected chi connectivity index (χ1v) is 7.19. The van der Waals surface area contributed by atoms with Crippen molar-refractivity contribution in [2.45, 2.75) is 31.8 Å².